The van der Waals surface area contributed by atoms with Gasteiger partial charge in [-0.25, -0.2) is 13.2 Å². The Bertz CT molecular complexity index is 1120. The number of hydroxylamine groups is 2. The molecule has 0 N–H and O–H groups in total. The highest BCUT2D eigenvalue weighted by molar-refractivity contribution is 7.89. The number of imide groups is 1. The first kappa shape index (κ1) is 20.2. The topological polar surface area (TPSA) is 110 Å². The van der Waals surface area contributed by atoms with E-state index >= 15 is 0 Å². The van der Waals surface area contributed by atoms with E-state index in [1.165, 1.54) is 34.6 Å². The van der Waals surface area contributed by atoms with Gasteiger partial charge in [0.25, 0.3) is 11.8 Å². The second kappa shape index (κ2) is 7.63. The third-order valence-electron chi connectivity index (χ3n) is 4.97. The minimum absolute atomic E-state index is 0.0547. The fraction of sp³-hybridized carbons (Fsp3) is 0.250. The standard InChI is InChI=1S/C20H18N2O7S/c1-13-6-7-14(30(26,27)21-8-10-28-11-9-21)12-17(13)20(25)29-22-18(23)15-4-2-3-5-16(15)19(22)24/h2-7,12H,8-11H2,1H3. The molecule has 0 spiro atoms. The maximum Gasteiger partial charge on any atom is 0.364 e. The summed E-state index contributed by atoms with van der Waals surface area (Å²) in [5.41, 5.74) is 0.657. The van der Waals surface area contributed by atoms with Crippen molar-refractivity contribution in [3.63, 3.8) is 0 Å². The molecule has 2 amide bonds. The number of amides is 2. The molecule has 10 heteroatoms. The van der Waals surface area contributed by atoms with E-state index in [-0.39, 0.29) is 34.7 Å². The molecule has 9 nitrogen and oxygen atoms in total. The molecule has 2 aliphatic heterocycles. The number of morpholine rings is 1. The van der Waals surface area contributed by atoms with Crippen molar-refractivity contribution in [2.24, 2.45) is 0 Å². The maximum atomic E-state index is 12.9. The lowest BCUT2D eigenvalue weighted by atomic mass is 10.1. The van der Waals surface area contributed by atoms with Crippen LogP contribution < -0.4 is 0 Å². The van der Waals surface area contributed by atoms with Gasteiger partial charge in [-0.15, -0.1) is 0 Å². The number of rotatable bonds is 4. The van der Waals surface area contributed by atoms with Crippen molar-refractivity contribution in [3.8, 4) is 0 Å². The Labute approximate surface area is 172 Å². The van der Waals surface area contributed by atoms with Gasteiger partial charge in [0, 0.05) is 13.1 Å². The van der Waals surface area contributed by atoms with Gasteiger partial charge in [-0.2, -0.15) is 4.31 Å². The molecule has 2 aliphatic rings. The molecule has 1 fully saturated rings. The molecule has 2 heterocycles. The van der Waals surface area contributed by atoms with Gasteiger partial charge in [0.1, 0.15) is 0 Å². The number of aryl methyl sites for hydroxylation is 1. The molecule has 0 unspecified atom stereocenters. The second-order valence-electron chi connectivity index (χ2n) is 6.82. The van der Waals surface area contributed by atoms with Crippen LogP contribution in [0.4, 0.5) is 0 Å². The number of nitrogens with zero attached hydrogens (tertiary/aromatic N) is 2. The van der Waals surface area contributed by atoms with Crippen molar-refractivity contribution in [1.82, 2.24) is 9.37 Å². The number of carbonyl (C=O) groups excluding carboxylic acids is 3. The smallest absolute Gasteiger partial charge is 0.364 e. The Morgan fingerprint density at radius 2 is 1.60 bits per heavy atom. The minimum atomic E-state index is -3.83. The van der Waals surface area contributed by atoms with E-state index in [2.05, 4.69) is 0 Å². The third kappa shape index (κ3) is 3.38. The zero-order valence-electron chi connectivity index (χ0n) is 16.0. The van der Waals surface area contributed by atoms with Crippen LogP contribution in [0.3, 0.4) is 0 Å². The number of benzene rings is 2. The van der Waals surface area contributed by atoms with Gasteiger partial charge in [0.2, 0.25) is 10.0 Å². The average Bonchev–Trinajstić information content (AvgIpc) is 2.99. The van der Waals surface area contributed by atoms with Crippen molar-refractivity contribution in [2.45, 2.75) is 11.8 Å². The van der Waals surface area contributed by atoms with E-state index in [0.29, 0.717) is 23.8 Å². The SMILES string of the molecule is Cc1ccc(S(=O)(=O)N2CCOCC2)cc1C(=O)ON1C(=O)c2ccccc2C1=O. The average molecular weight is 430 g/mol. The summed E-state index contributed by atoms with van der Waals surface area (Å²) in [7, 11) is -3.83. The molecule has 4 rings (SSSR count). The molecule has 0 saturated carbocycles. The number of ether oxygens (including phenoxy) is 1. The summed E-state index contributed by atoms with van der Waals surface area (Å²) in [6.45, 7) is 2.61. The molecule has 2 aromatic rings. The van der Waals surface area contributed by atoms with Crippen LogP contribution in [0.2, 0.25) is 0 Å². The lowest BCUT2D eigenvalue weighted by Gasteiger charge is -2.26. The summed E-state index contributed by atoms with van der Waals surface area (Å²) in [5, 5.41) is 0.398. The molecule has 1 saturated heterocycles. The summed E-state index contributed by atoms with van der Waals surface area (Å²) in [5.74, 6) is -2.50. The Morgan fingerprint density at radius 3 is 2.20 bits per heavy atom. The van der Waals surface area contributed by atoms with Crippen LogP contribution in [0.15, 0.2) is 47.4 Å². The van der Waals surface area contributed by atoms with Crippen molar-refractivity contribution < 1.29 is 32.4 Å². The molecular formula is C20H18N2O7S. The Morgan fingerprint density at radius 1 is 1.00 bits per heavy atom. The lowest BCUT2D eigenvalue weighted by molar-refractivity contribution is -0.0585. The molecule has 0 atom stereocenters. The zero-order chi connectivity index (χ0) is 21.5. The van der Waals surface area contributed by atoms with Gasteiger partial charge < -0.3 is 9.57 Å². The quantitative estimate of drug-likeness (QED) is 0.674. The molecular weight excluding hydrogens is 412 g/mol. The Balaban J connectivity index is 1.60. The van der Waals surface area contributed by atoms with Crippen molar-refractivity contribution >= 4 is 27.8 Å². The zero-order valence-corrected chi connectivity index (χ0v) is 16.8. The van der Waals surface area contributed by atoms with Crippen molar-refractivity contribution in [2.75, 3.05) is 26.3 Å². The summed E-state index contributed by atoms with van der Waals surface area (Å²) >= 11 is 0. The van der Waals surface area contributed by atoms with Gasteiger partial charge in [0.05, 0.1) is 34.8 Å². The summed E-state index contributed by atoms with van der Waals surface area (Å²) in [6, 6.07) is 10.2. The first-order valence-corrected chi connectivity index (χ1v) is 10.6. The highest BCUT2D eigenvalue weighted by Gasteiger charge is 2.39. The highest BCUT2D eigenvalue weighted by atomic mass is 32.2. The van der Waals surface area contributed by atoms with Crippen LogP contribution in [0.5, 0.6) is 0 Å². The van der Waals surface area contributed by atoms with E-state index in [4.69, 9.17) is 9.57 Å². The Hall–Kier alpha value is -3.08. The van der Waals surface area contributed by atoms with E-state index in [1.807, 2.05) is 0 Å². The van der Waals surface area contributed by atoms with Gasteiger partial charge in [-0.05, 0) is 36.8 Å². The third-order valence-corrected chi connectivity index (χ3v) is 6.86. The van der Waals surface area contributed by atoms with Gasteiger partial charge in [-0.1, -0.05) is 23.3 Å². The number of sulfonamides is 1. The summed E-state index contributed by atoms with van der Waals surface area (Å²) in [6.07, 6.45) is 0. The van der Waals surface area contributed by atoms with Crippen LogP contribution in [0.25, 0.3) is 0 Å². The minimum Gasteiger partial charge on any atom is -0.379 e. The van der Waals surface area contributed by atoms with Crippen LogP contribution >= 0.6 is 0 Å². The number of fused-ring (bicyclic) bond motifs is 1. The highest BCUT2D eigenvalue weighted by Crippen LogP contribution is 2.25. The molecule has 0 bridgehead atoms. The first-order chi connectivity index (χ1) is 14.3. The van der Waals surface area contributed by atoms with Gasteiger partial charge >= 0.3 is 5.97 Å². The van der Waals surface area contributed by atoms with E-state index in [1.54, 1.807) is 19.1 Å². The van der Waals surface area contributed by atoms with Crippen molar-refractivity contribution in [1.29, 1.82) is 0 Å². The fourth-order valence-corrected chi connectivity index (χ4v) is 4.73. The molecule has 0 aliphatic carbocycles. The summed E-state index contributed by atoms with van der Waals surface area (Å²) in [4.78, 5) is 42.5. The largest absolute Gasteiger partial charge is 0.379 e. The maximum absolute atomic E-state index is 12.9. The molecule has 30 heavy (non-hydrogen) atoms. The van der Waals surface area contributed by atoms with Gasteiger partial charge in [0.15, 0.2) is 0 Å². The van der Waals surface area contributed by atoms with Crippen LogP contribution in [-0.4, -0.2) is 61.9 Å². The van der Waals surface area contributed by atoms with E-state index < -0.39 is 27.8 Å². The lowest BCUT2D eigenvalue weighted by Crippen LogP contribution is -2.40. The normalized spacial score (nSPS) is 17.2. The number of hydrogen-bond donors (Lipinski definition) is 0. The van der Waals surface area contributed by atoms with Crippen molar-refractivity contribution in [3.05, 3.63) is 64.7 Å². The fourth-order valence-electron chi connectivity index (χ4n) is 3.30. The Kier molecular flexibility index (Phi) is 5.14. The second-order valence-corrected chi connectivity index (χ2v) is 8.76. The molecule has 0 aromatic heterocycles. The number of carbonyl (C=O) groups is 3. The monoisotopic (exact) mass is 430 g/mol. The van der Waals surface area contributed by atoms with Crippen LogP contribution in [0, 0.1) is 6.92 Å². The predicted molar refractivity (Wildman–Crippen MR) is 103 cm³/mol. The molecule has 0 radical (unpaired) electrons. The molecule has 156 valence electrons. The molecule has 2 aromatic carbocycles. The van der Waals surface area contributed by atoms with E-state index in [9.17, 15) is 22.8 Å². The first-order valence-electron chi connectivity index (χ1n) is 9.19. The van der Waals surface area contributed by atoms with Crippen LogP contribution in [0.1, 0.15) is 36.6 Å². The summed E-state index contributed by atoms with van der Waals surface area (Å²) < 4.78 is 32.2. The predicted octanol–water partition coefficient (Wildman–Crippen LogP) is 1.38. The number of hydrogen-bond acceptors (Lipinski definition) is 7. The van der Waals surface area contributed by atoms with E-state index in [0.717, 1.165) is 0 Å². The van der Waals surface area contributed by atoms with Gasteiger partial charge in [-0.3, -0.25) is 9.59 Å². The van der Waals surface area contributed by atoms with Crippen LogP contribution in [-0.2, 0) is 19.6 Å².